The van der Waals surface area contributed by atoms with E-state index in [1.54, 1.807) is 0 Å². The second-order valence-electron chi connectivity index (χ2n) is 4.16. The van der Waals surface area contributed by atoms with Gasteiger partial charge in [0.05, 0.1) is 11.1 Å². The molecule has 0 unspecified atom stereocenters. The first-order chi connectivity index (χ1) is 10.2. The summed E-state index contributed by atoms with van der Waals surface area (Å²) in [5.74, 6) is -5.83. The Balaban J connectivity index is 2.27. The van der Waals surface area contributed by atoms with Gasteiger partial charge in [0.1, 0.15) is 11.6 Å². The van der Waals surface area contributed by atoms with Gasteiger partial charge < -0.3 is 4.74 Å². The molecule has 0 saturated carbocycles. The zero-order valence-electron chi connectivity index (χ0n) is 10.5. The maximum atomic E-state index is 13.1. The zero-order valence-corrected chi connectivity index (χ0v) is 10.5. The zero-order chi connectivity index (χ0) is 16.5. The van der Waals surface area contributed by atoms with Crippen molar-refractivity contribution in [3.63, 3.8) is 0 Å². The van der Waals surface area contributed by atoms with Gasteiger partial charge in [-0.05, 0) is 36.4 Å². The van der Waals surface area contributed by atoms with Crippen molar-refractivity contribution in [1.29, 1.82) is 0 Å². The molecule has 2 nitrogen and oxygen atoms in total. The number of benzene rings is 2. The largest absolute Gasteiger partial charge is 0.423 e. The monoisotopic (exact) mass is 320 g/mol. The predicted molar refractivity (Wildman–Crippen MR) is 62.7 cm³/mol. The van der Waals surface area contributed by atoms with Crippen molar-refractivity contribution in [2.24, 2.45) is 0 Å². The Kier molecular flexibility index (Phi) is 4.11. The smallest absolute Gasteiger partial charge is 0.419 e. The molecule has 0 aliphatic carbocycles. The number of hydrogen-bond donors (Lipinski definition) is 0. The van der Waals surface area contributed by atoms with E-state index >= 15 is 0 Å². The molecule has 0 fully saturated rings. The molecule has 2 rings (SSSR count). The van der Waals surface area contributed by atoms with E-state index in [-0.39, 0.29) is 0 Å². The molecule has 0 aliphatic heterocycles. The molecule has 8 heteroatoms. The van der Waals surface area contributed by atoms with Crippen LogP contribution < -0.4 is 4.74 Å². The van der Waals surface area contributed by atoms with E-state index in [0.717, 1.165) is 12.1 Å². The fourth-order valence-electron chi connectivity index (χ4n) is 1.57. The van der Waals surface area contributed by atoms with Crippen molar-refractivity contribution >= 4 is 5.97 Å². The molecular weight excluding hydrogens is 314 g/mol. The lowest BCUT2D eigenvalue weighted by Crippen LogP contribution is -2.12. The van der Waals surface area contributed by atoms with E-state index < -0.39 is 46.5 Å². The third kappa shape index (κ3) is 3.38. The minimum absolute atomic E-state index is 0.299. The standard InChI is InChI=1S/C14H6F6O2/c15-10-4-2-8(6-9(10)14(18,19)20)22-13(21)7-1-3-11(16)12(17)5-7/h1-6H. The highest BCUT2D eigenvalue weighted by atomic mass is 19.4. The van der Waals surface area contributed by atoms with Crippen molar-refractivity contribution in [3.05, 3.63) is 65.0 Å². The lowest BCUT2D eigenvalue weighted by Gasteiger charge is -2.10. The molecule has 2 aromatic rings. The van der Waals surface area contributed by atoms with Crippen LogP contribution in [0.2, 0.25) is 0 Å². The van der Waals surface area contributed by atoms with Gasteiger partial charge in [-0.2, -0.15) is 13.2 Å². The second-order valence-corrected chi connectivity index (χ2v) is 4.16. The molecule has 0 spiro atoms. The van der Waals surface area contributed by atoms with Crippen LogP contribution in [-0.4, -0.2) is 5.97 Å². The van der Waals surface area contributed by atoms with Gasteiger partial charge in [-0.3, -0.25) is 0 Å². The van der Waals surface area contributed by atoms with Gasteiger partial charge in [0.2, 0.25) is 0 Å². The van der Waals surface area contributed by atoms with Gasteiger partial charge in [0.25, 0.3) is 0 Å². The van der Waals surface area contributed by atoms with Crippen LogP contribution in [0.3, 0.4) is 0 Å². The molecule has 0 heterocycles. The molecule has 22 heavy (non-hydrogen) atoms. The fourth-order valence-corrected chi connectivity index (χ4v) is 1.57. The molecule has 0 atom stereocenters. The fraction of sp³-hybridized carbons (Fsp3) is 0.0714. The van der Waals surface area contributed by atoms with Crippen LogP contribution in [-0.2, 0) is 6.18 Å². The molecule has 0 bridgehead atoms. The van der Waals surface area contributed by atoms with Gasteiger partial charge in [0, 0.05) is 0 Å². The van der Waals surface area contributed by atoms with Crippen LogP contribution in [0, 0.1) is 17.5 Å². The first kappa shape index (κ1) is 15.9. The highest BCUT2D eigenvalue weighted by Crippen LogP contribution is 2.33. The number of alkyl halides is 3. The first-order valence-electron chi connectivity index (χ1n) is 5.72. The van der Waals surface area contributed by atoms with E-state index in [4.69, 9.17) is 0 Å². The molecule has 116 valence electrons. The normalized spacial score (nSPS) is 11.4. The number of rotatable bonds is 2. The first-order valence-corrected chi connectivity index (χ1v) is 5.72. The summed E-state index contributed by atoms with van der Waals surface area (Å²) in [5, 5.41) is 0. The summed E-state index contributed by atoms with van der Waals surface area (Å²) in [4.78, 5) is 11.6. The summed E-state index contributed by atoms with van der Waals surface area (Å²) in [7, 11) is 0. The summed E-state index contributed by atoms with van der Waals surface area (Å²) in [6, 6.07) is 3.69. The summed E-state index contributed by atoms with van der Waals surface area (Å²) in [6.07, 6.45) is -4.96. The molecule has 0 N–H and O–H groups in total. The Morgan fingerprint density at radius 3 is 2.09 bits per heavy atom. The third-order valence-electron chi connectivity index (χ3n) is 2.61. The Bertz CT molecular complexity index is 724. The topological polar surface area (TPSA) is 26.3 Å². The van der Waals surface area contributed by atoms with Crippen LogP contribution >= 0.6 is 0 Å². The highest BCUT2D eigenvalue weighted by Gasteiger charge is 2.34. The van der Waals surface area contributed by atoms with E-state index in [1.165, 1.54) is 0 Å². The Labute approximate surface area is 119 Å². The van der Waals surface area contributed by atoms with Gasteiger partial charge in [-0.15, -0.1) is 0 Å². The molecule has 0 radical (unpaired) electrons. The summed E-state index contributed by atoms with van der Waals surface area (Å²) in [5.41, 5.74) is -2.01. The van der Waals surface area contributed by atoms with Crippen molar-refractivity contribution in [3.8, 4) is 5.75 Å². The van der Waals surface area contributed by atoms with E-state index in [0.29, 0.717) is 24.3 Å². The highest BCUT2D eigenvalue weighted by molar-refractivity contribution is 5.91. The second kappa shape index (κ2) is 5.70. The number of ether oxygens (including phenoxy) is 1. The molecular formula is C14H6F6O2. The number of hydrogen-bond acceptors (Lipinski definition) is 2. The van der Waals surface area contributed by atoms with Crippen LogP contribution in [0.15, 0.2) is 36.4 Å². The van der Waals surface area contributed by atoms with Gasteiger partial charge >= 0.3 is 12.1 Å². The number of carbonyl (C=O) groups excluding carboxylic acids is 1. The lowest BCUT2D eigenvalue weighted by molar-refractivity contribution is -0.140. The van der Waals surface area contributed by atoms with Crippen LogP contribution in [0.5, 0.6) is 5.75 Å². The SMILES string of the molecule is O=C(Oc1ccc(F)c(C(F)(F)F)c1)c1ccc(F)c(F)c1. The third-order valence-corrected chi connectivity index (χ3v) is 2.61. The summed E-state index contributed by atoms with van der Waals surface area (Å²) >= 11 is 0. The molecule has 0 aliphatic rings. The average molecular weight is 320 g/mol. The van der Waals surface area contributed by atoms with Crippen molar-refractivity contribution < 1.29 is 35.9 Å². The van der Waals surface area contributed by atoms with Crippen molar-refractivity contribution in [2.75, 3.05) is 0 Å². The van der Waals surface area contributed by atoms with Crippen molar-refractivity contribution in [2.45, 2.75) is 6.18 Å². The van der Waals surface area contributed by atoms with Crippen LogP contribution in [0.25, 0.3) is 0 Å². The Morgan fingerprint density at radius 2 is 1.50 bits per heavy atom. The van der Waals surface area contributed by atoms with E-state index in [9.17, 15) is 31.1 Å². The average Bonchev–Trinajstić information content (AvgIpc) is 2.42. The number of carbonyl (C=O) groups is 1. The van der Waals surface area contributed by atoms with Crippen LogP contribution in [0.1, 0.15) is 15.9 Å². The lowest BCUT2D eigenvalue weighted by atomic mass is 10.2. The van der Waals surface area contributed by atoms with E-state index in [2.05, 4.69) is 4.74 Å². The number of halogens is 6. The summed E-state index contributed by atoms with van der Waals surface area (Å²) in [6.45, 7) is 0. The Hall–Kier alpha value is -2.51. The quantitative estimate of drug-likeness (QED) is 0.467. The van der Waals surface area contributed by atoms with Crippen molar-refractivity contribution in [1.82, 2.24) is 0 Å². The molecule has 0 aromatic heterocycles. The minimum Gasteiger partial charge on any atom is -0.423 e. The Morgan fingerprint density at radius 1 is 0.864 bits per heavy atom. The van der Waals surface area contributed by atoms with Gasteiger partial charge in [0.15, 0.2) is 11.6 Å². The molecule has 0 amide bonds. The minimum atomic E-state index is -4.96. The number of esters is 1. The maximum absolute atomic E-state index is 13.1. The predicted octanol–water partition coefficient (Wildman–Crippen LogP) is 4.34. The maximum Gasteiger partial charge on any atom is 0.419 e. The molecule has 2 aromatic carbocycles. The molecule has 0 saturated heterocycles. The van der Waals surface area contributed by atoms with Crippen LogP contribution in [0.4, 0.5) is 26.3 Å². The van der Waals surface area contributed by atoms with E-state index in [1.807, 2.05) is 0 Å². The van der Waals surface area contributed by atoms with Gasteiger partial charge in [-0.1, -0.05) is 0 Å². The van der Waals surface area contributed by atoms with Gasteiger partial charge in [-0.25, -0.2) is 18.0 Å². The summed E-state index contributed by atoms with van der Waals surface area (Å²) < 4.78 is 80.9.